The third kappa shape index (κ3) is 0.416. The zero-order chi connectivity index (χ0) is 4.69. The fourth-order valence-corrected chi connectivity index (χ4v) is 1.15. The van der Waals surface area contributed by atoms with Crippen molar-refractivity contribution in [1.29, 1.82) is 0 Å². The maximum atomic E-state index is 5.29. The highest BCUT2D eigenvalue weighted by atomic mass is 16.5. The molecule has 2 unspecified atom stereocenters. The number of hydrogen-bond acceptors (Lipinski definition) is 1. The van der Waals surface area contributed by atoms with E-state index in [1.165, 1.54) is 6.42 Å². The summed E-state index contributed by atoms with van der Waals surface area (Å²) in [5, 5.41) is 0. The molecular formula is C6H8O. The minimum atomic E-state index is 0.499. The van der Waals surface area contributed by atoms with Crippen LogP contribution in [0.25, 0.3) is 0 Å². The molecule has 1 nitrogen and oxygen atoms in total. The second kappa shape index (κ2) is 1.10. The normalized spacial score (nSPS) is 45.7. The summed E-state index contributed by atoms with van der Waals surface area (Å²) >= 11 is 0. The van der Waals surface area contributed by atoms with Crippen molar-refractivity contribution in [1.82, 2.24) is 0 Å². The predicted octanol–water partition coefficient (Wildman–Crippen LogP) is 1.10. The molecule has 1 heteroatoms. The lowest BCUT2D eigenvalue weighted by molar-refractivity contribution is -0.103. The van der Waals surface area contributed by atoms with Gasteiger partial charge in [-0.1, -0.05) is 12.2 Å². The van der Waals surface area contributed by atoms with Gasteiger partial charge in [-0.2, -0.15) is 0 Å². The van der Waals surface area contributed by atoms with Gasteiger partial charge in [0.1, 0.15) is 0 Å². The van der Waals surface area contributed by atoms with Gasteiger partial charge >= 0.3 is 0 Å². The van der Waals surface area contributed by atoms with Crippen LogP contribution in [0.15, 0.2) is 12.2 Å². The summed E-state index contributed by atoms with van der Waals surface area (Å²) in [6.07, 6.45) is 7.88. The van der Waals surface area contributed by atoms with Crippen LogP contribution in [0.4, 0.5) is 0 Å². The zero-order valence-corrected chi connectivity index (χ0v) is 4.13. The predicted molar refractivity (Wildman–Crippen MR) is 27.0 cm³/mol. The fraction of sp³-hybridized carbons (Fsp3) is 0.667. The maximum absolute atomic E-state index is 5.29. The van der Waals surface area contributed by atoms with E-state index in [0.717, 1.165) is 6.42 Å². The van der Waals surface area contributed by atoms with E-state index in [1.807, 2.05) is 0 Å². The zero-order valence-electron chi connectivity index (χ0n) is 4.13. The molecule has 2 heterocycles. The van der Waals surface area contributed by atoms with E-state index in [1.54, 1.807) is 0 Å². The Morgan fingerprint density at radius 1 is 1.57 bits per heavy atom. The molecule has 1 fully saturated rings. The Labute approximate surface area is 43.0 Å². The number of ether oxygens (including phenoxy) is 1. The molecule has 7 heavy (non-hydrogen) atoms. The minimum Gasteiger partial charge on any atom is -0.370 e. The van der Waals surface area contributed by atoms with Crippen LogP contribution in [0.1, 0.15) is 12.8 Å². The van der Waals surface area contributed by atoms with Gasteiger partial charge in [0.25, 0.3) is 0 Å². The quantitative estimate of drug-likeness (QED) is 0.410. The van der Waals surface area contributed by atoms with Gasteiger partial charge in [-0.15, -0.1) is 0 Å². The third-order valence-corrected chi connectivity index (χ3v) is 1.61. The highest BCUT2D eigenvalue weighted by Gasteiger charge is 2.29. The van der Waals surface area contributed by atoms with Crippen molar-refractivity contribution >= 4 is 0 Å². The molecule has 0 aromatic heterocycles. The van der Waals surface area contributed by atoms with E-state index >= 15 is 0 Å². The lowest BCUT2D eigenvalue weighted by atomic mass is 9.96. The van der Waals surface area contributed by atoms with E-state index in [9.17, 15) is 0 Å². The summed E-state index contributed by atoms with van der Waals surface area (Å²) < 4.78 is 5.29. The Morgan fingerprint density at radius 3 is 2.57 bits per heavy atom. The summed E-state index contributed by atoms with van der Waals surface area (Å²) in [6.45, 7) is 0. The van der Waals surface area contributed by atoms with Crippen molar-refractivity contribution in [3.8, 4) is 0 Å². The molecule has 0 saturated carbocycles. The molecule has 2 aliphatic heterocycles. The van der Waals surface area contributed by atoms with E-state index in [4.69, 9.17) is 4.74 Å². The summed E-state index contributed by atoms with van der Waals surface area (Å²) in [6, 6.07) is 0. The SMILES string of the molecule is C1=CC2CC(C1)O2. The van der Waals surface area contributed by atoms with Gasteiger partial charge in [0.05, 0.1) is 12.2 Å². The molecule has 1 aliphatic carbocycles. The van der Waals surface area contributed by atoms with Crippen molar-refractivity contribution in [3.05, 3.63) is 12.2 Å². The maximum Gasteiger partial charge on any atom is 0.0784 e. The lowest BCUT2D eigenvalue weighted by Gasteiger charge is -2.36. The van der Waals surface area contributed by atoms with Gasteiger partial charge in [-0.3, -0.25) is 0 Å². The second-order valence-electron chi connectivity index (χ2n) is 2.20. The first-order valence-corrected chi connectivity index (χ1v) is 2.77. The molecule has 38 valence electrons. The molecule has 0 aromatic carbocycles. The fourth-order valence-electron chi connectivity index (χ4n) is 1.15. The standard InChI is InChI=1S/C6H8O/c1-2-5-4-6(3-1)7-5/h1-2,5-6H,3-4H2. The first-order chi connectivity index (χ1) is 3.45. The molecule has 2 atom stereocenters. The number of hydrogen-bond donors (Lipinski definition) is 0. The molecule has 3 rings (SSSR count). The molecule has 0 amide bonds. The highest BCUT2D eigenvalue weighted by molar-refractivity contribution is 5.04. The van der Waals surface area contributed by atoms with Crippen molar-refractivity contribution in [2.45, 2.75) is 25.0 Å². The molecule has 0 spiro atoms. The van der Waals surface area contributed by atoms with Crippen molar-refractivity contribution < 1.29 is 4.74 Å². The largest absolute Gasteiger partial charge is 0.370 e. The van der Waals surface area contributed by atoms with Crippen LogP contribution in [0.2, 0.25) is 0 Å². The van der Waals surface area contributed by atoms with Gasteiger partial charge in [0.2, 0.25) is 0 Å². The summed E-state index contributed by atoms with van der Waals surface area (Å²) in [5.74, 6) is 0. The van der Waals surface area contributed by atoms with Crippen molar-refractivity contribution in [3.63, 3.8) is 0 Å². The van der Waals surface area contributed by atoms with Gasteiger partial charge in [0, 0.05) is 6.42 Å². The van der Waals surface area contributed by atoms with Gasteiger partial charge in [-0.05, 0) is 6.42 Å². The Morgan fingerprint density at radius 2 is 2.43 bits per heavy atom. The van der Waals surface area contributed by atoms with Crippen molar-refractivity contribution in [2.75, 3.05) is 0 Å². The van der Waals surface area contributed by atoms with Crippen LogP contribution in [-0.2, 0) is 4.74 Å². The molecular weight excluding hydrogens is 88.1 g/mol. The highest BCUT2D eigenvalue weighted by Crippen LogP contribution is 2.28. The van der Waals surface area contributed by atoms with Crippen LogP contribution in [0, 0.1) is 0 Å². The smallest absolute Gasteiger partial charge is 0.0784 e. The Bertz CT molecular complexity index is 101. The van der Waals surface area contributed by atoms with Crippen LogP contribution < -0.4 is 0 Å². The Balaban J connectivity index is 2.18. The van der Waals surface area contributed by atoms with Crippen LogP contribution in [-0.4, -0.2) is 12.2 Å². The number of fused-ring (bicyclic) bond motifs is 1. The molecule has 0 N–H and O–H groups in total. The molecule has 1 saturated heterocycles. The lowest BCUT2D eigenvalue weighted by Crippen LogP contribution is -2.38. The molecule has 0 aromatic rings. The van der Waals surface area contributed by atoms with Crippen LogP contribution in [0.3, 0.4) is 0 Å². The van der Waals surface area contributed by atoms with E-state index in [2.05, 4.69) is 12.2 Å². The summed E-state index contributed by atoms with van der Waals surface area (Å²) in [4.78, 5) is 0. The van der Waals surface area contributed by atoms with Crippen LogP contribution >= 0.6 is 0 Å². The van der Waals surface area contributed by atoms with Gasteiger partial charge < -0.3 is 4.74 Å². The van der Waals surface area contributed by atoms with E-state index in [-0.39, 0.29) is 0 Å². The average Bonchev–Trinajstić information content (AvgIpc) is 1.67. The average molecular weight is 96.1 g/mol. The topological polar surface area (TPSA) is 9.23 Å². The van der Waals surface area contributed by atoms with E-state index < -0.39 is 0 Å². The summed E-state index contributed by atoms with van der Waals surface area (Å²) in [7, 11) is 0. The van der Waals surface area contributed by atoms with Crippen LogP contribution in [0.5, 0.6) is 0 Å². The third-order valence-electron chi connectivity index (χ3n) is 1.61. The van der Waals surface area contributed by atoms with Gasteiger partial charge in [-0.25, -0.2) is 0 Å². The van der Waals surface area contributed by atoms with Crippen molar-refractivity contribution in [2.24, 2.45) is 0 Å². The molecule has 2 bridgehead atoms. The molecule has 0 radical (unpaired) electrons. The Hall–Kier alpha value is -0.300. The summed E-state index contributed by atoms with van der Waals surface area (Å²) in [5.41, 5.74) is 0. The monoisotopic (exact) mass is 96.1 g/mol. The first kappa shape index (κ1) is 3.67. The Kier molecular flexibility index (Phi) is 0.577. The van der Waals surface area contributed by atoms with Gasteiger partial charge in [0.15, 0.2) is 0 Å². The van der Waals surface area contributed by atoms with E-state index in [0.29, 0.717) is 12.2 Å². The minimum absolute atomic E-state index is 0.499. The second-order valence-corrected chi connectivity index (χ2v) is 2.20. The molecule has 3 aliphatic rings. The first-order valence-electron chi connectivity index (χ1n) is 2.77. The number of rotatable bonds is 0.